The van der Waals surface area contributed by atoms with Crippen molar-refractivity contribution in [1.82, 2.24) is 20.2 Å². The zero-order valence-corrected chi connectivity index (χ0v) is 16.9. The van der Waals surface area contributed by atoms with E-state index >= 15 is 0 Å². The van der Waals surface area contributed by atoms with E-state index in [-0.39, 0.29) is 5.56 Å². The van der Waals surface area contributed by atoms with Gasteiger partial charge in [0.15, 0.2) is 0 Å². The first-order chi connectivity index (χ1) is 13.7. The molecule has 1 aliphatic rings. The molecule has 0 spiro atoms. The summed E-state index contributed by atoms with van der Waals surface area (Å²) in [4.78, 5) is 22.5. The Morgan fingerprint density at radius 3 is 3.00 bits per heavy atom. The fourth-order valence-electron chi connectivity index (χ4n) is 3.56. The van der Waals surface area contributed by atoms with Gasteiger partial charge in [0.1, 0.15) is 10.7 Å². The molecule has 4 aromatic rings. The molecule has 0 bridgehead atoms. The van der Waals surface area contributed by atoms with Crippen LogP contribution in [0.4, 0.5) is 0 Å². The molecule has 0 saturated heterocycles. The van der Waals surface area contributed by atoms with Crippen molar-refractivity contribution in [3.05, 3.63) is 57.0 Å². The van der Waals surface area contributed by atoms with Gasteiger partial charge in [-0.3, -0.25) is 4.79 Å². The van der Waals surface area contributed by atoms with Crippen LogP contribution < -0.4 is 5.56 Å². The Morgan fingerprint density at radius 2 is 2.14 bits per heavy atom. The van der Waals surface area contributed by atoms with E-state index in [4.69, 9.17) is 9.40 Å². The van der Waals surface area contributed by atoms with Gasteiger partial charge in [0.2, 0.25) is 5.89 Å². The maximum atomic E-state index is 12.7. The second-order valence-corrected chi connectivity index (χ2v) is 9.08. The van der Waals surface area contributed by atoms with Crippen molar-refractivity contribution in [3.63, 3.8) is 0 Å². The molecule has 28 heavy (non-hydrogen) atoms. The first kappa shape index (κ1) is 17.6. The van der Waals surface area contributed by atoms with Crippen LogP contribution in [0.15, 0.2) is 44.8 Å². The van der Waals surface area contributed by atoms with E-state index in [1.165, 1.54) is 22.2 Å². The molecular formula is C20H18N4O2S2. The van der Waals surface area contributed by atoms with Gasteiger partial charge in [0.25, 0.3) is 10.8 Å². The molecule has 5 rings (SSSR count). The zero-order chi connectivity index (χ0) is 19.1. The second-order valence-electron chi connectivity index (χ2n) is 7.07. The number of nitrogens with one attached hydrogen (secondary N) is 1. The highest BCUT2D eigenvalue weighted by Crippen LogP contribution is 2.36. The number of aromatic amines is 1. The maximum Gasteiger partial charge on any atom is 0.277 e. The van der Waals surface area contributed by atoms with Crippen LogP contribution in [0.3, 0.4) is 0 Å². The van der Waals surface area contributed by atoms with Gasteiger partial charge in [-0.2, -0.15) is 0 Å². The minimum absolute atomic E-state index is 0.0387. The van der Waals surface area contributed by atoms with Gasteiger partial charge in [0, 0.05) is 10.4 Å². The summed E-state index contributed by atoms with van der Waals surface area (Å²) in [6.45, 7) is 2.27. The summed E-state index contributed by atoms with van der Waals surface area (Å²) in [5.74, 6) is 2.26. The summed E-state index contributed by atoms with van der Waals surface area (Å²) >= 11 is 3.04. The number of thiophene rings is 1. The van der Waals surface area contributed by atoms with E-state index in [9.17, 15) is 4.79 Å². The molecule has 1 aromatic carbocycles. The number of hydrogen-bond acceptors (Lipinski definition) is 7. The van der Waals surface area contributed by atoms with Gasteiger partial charge in [-0.05, 0) is 42.9 Å². The molecule has 1 aliphatic carbocycles. The second kappa shape index (κ2) is 7.18. The zero-order valence-electron chi connectivity index (χ0n) is 15.3. The molecule has 0 radical (unpaired) electrons. The van der Waals surface area contributed by atoms with Crippen LogP contribution in [0.2, 0.25) is 0 Å². The quantitative estimate of drug-likeness (QED) is 0.500. The SMILES string of the molecule is C[C@H]1CCc2c(sc3nc(CSc4nnc(-c5ccccc5)o4)[nH]c(=O)c23)C1. The van der Waals surface area contributed by atoms with Crippen LogP contribution in [0.25, 0.3) is 21.7 Å². The number of thioether (sulfide) groups is 1. The summed E-state index contributed by atoms with van der Waals surface area (Å²) in [6, 6.07) is 9.65. The summed E-state index contributed by atoms with van der Waals surface area (Å²) < 4.78 is 5.71. The van der Waals surface area contributed by atoms with Gasteiger partial charge < -0.3 is 9.40 Å². The smallest absolute Gasteiger partial charge is 0.277 e. The summed E-state index contributed by atoms with van der Waals surface area (Å²) in [6.07, 6.45) is 3.15. The van der Waals surface area contributed by atoms with E-state index < -0.39 is 0 Å². The number of hydrogen-bond donors (Lipinski definition) is 1. The predicted molar refractivity (Wildman–Crippen MR) is 111 cm³/mol. The molecular weight excluding hydrogens is 392 g/mol. The summed E-state index contributed by atoms with van der Waals surface area (Å²) in [5.41, 5.74) is 2.05. The molecule has 3 heterocycles. The fraction of sp³-hybridized carbons (Fsp3) is 0.300. The highest BCUT2D eigenvalue weighted by atomic mass is 32.2. The number of fused-ring (bicyclic) bond motifs is 3. The Labute approximate surface area is 169 Å². The van der Waals surface area contributed by atoms with E-state index in [0.717, 1.165) is 35.0 Å². The minimum Gasteiger partial charge on any atom is -0.411 e. The van der Waals surface area contributed by atoms with Crippen molar-refractivity contribution >= 4 is 33.3 Å². The Kier molecular flexibility index (Phi) is 4.52. The van der Waals surface area contributed by atoms with E-state index in [1.807, 2.05) is 30.3 Å². The van der Waals surface area contributed by atoms with Gasteiger partial charge in [-0.25, -0.2) is 4.98 Å². The first-order valence-corrected chi connectivity index (χ1v) is 11.0. The third-order valence-corrected chi connectivity index (χ3v) is 6.95. The van der Waals surface area contributed by atoms with Crippen LogP contribution in [0, 0.1) is 5.92 Å². The number of benzene rings is 1. The lowest BCUT2D eigenvalue weighted by Crippen LogP contribution is -2.14. The average molecular weight is 411 g/mol. The number of aromatic nitrogens is 4. The molecule has 0 aliphatic heterocycles. The molecule has 8 heteroatoms. The lowest BCUT2D eigenvalue weighted by molar-refractivity contribution is 0.465. The van der Waals surface area contributed by atoms with Crippen LogP contribution in [-0.2, 0) is 18.6 Å². The van der Waals surface area contributed by atoms with Gasteiger partial charge in [-0.15, -0.1) is 21.5 Å². The van der Waals surface area contributed by atoms with Crippen molar-refractivity contribution in [2.45, 2.75) is 37.2 Å². The van der Waals surface area contributed by atoms with Gasteiger partial charge in [-0.1, -0.05) is 36.9 Å². The van der Waals surface area contributed by atoms with Crippen LogP contribution >= 0.6 is 23.1 Å². The molecule has 0 fully saturated rings. The molecule has 0 amide bonds. The number of rotatable bonds is 4. The Hall–Kier alpha value is -2.45. The number of nitrogens with zero attached hydrogens (tertiary/aromatic N) is 3. The van der Waals surface area contributed by atoms with Crippen molar-refractivity contribution in [2.24, 2.45) is 5.92 Å². The third kappa shape index (κ3) is 3.27. The van der Waals surface area contributed by atoms with E-state index in [0.29, 0.717) is 28.6 Å². The monoisotopic (exact) mass is 410 g/mol. The first-order valence-electron chi connectivity index (χ1n) is 9.22. The summed E-state index contributed by atoms with van der Waals surface area (Å²) in [5, 5.41) is 9.41. The van der Waals surface area contributed by atoms with Crippen molar-refractivity contribution in [3.8, 4) is 11.5 Å². The number of aryl methyl sites for hydroxylation is 1. The molecule has 0 unspecified atom stereocenters. The van der Waals surface area contributed by atoms with Crippen molar-refractivity contribution in [2.75, 3.05) is 0 Å². The highest BCUT2D eigenvalue weighted by Gasteiger charge is 2.23. The van der Waals surface area contributed by atoms with Gasteiger partial charge >= 0.3 is 0 Å². The topological polar surface area (TPSA) is 84.7 Å². The van der Waals surface area contributed by atoms with E-state index in [2.05, 4.69) is 22.1 Å². The lowest BCUT2D eigenvalue weighted by Gasteiger charge is -2.17. The third-order valence-electron chi connectivity index (χ3n) is 4.97. The maximum absolute atomic E-state index is 12.7. The lowest BCUT2D eigenvalue weighted by atomic mass is 9.89. The molecule has 3 aromatic heterocycles. The molecule has 6 nitrogen and oxygen atoms in total. The van der Waals surface area contributed by atoms with Crippen LogP contribution in [0.5, 0.6) is 0 Å². The number of H-pyrrole nitrogens is 1. The van der Waals surface area contributed by atoms with Crippen LogP contribution in [0.1, 0.15) is 29.6 Å². The normalized spacial score (nSPS) is 16.4. The molecule has 1 atom stereocenters. The van der Waals surface area contributed by atoms with Crippen molar-refractivity contribution in [1.29, 1.82) is 0 Å². The Bertz CT molecular complexity index is 1200. The van der Waals surface area contributed by atoms with Crippen molar-refractivity contribution < 1.29 is 4.42 Å². The molecule has 142 valence electrons. The van der Waals surface area contributed by atoms with Gasteiger partial charge in [0.05, 0.1) is 11.1 Å². The Morgan fingerprint density at radius 1 is 1.29 bits per heavy atom. The van der Waals surface area contributed by atoms with E-state index in [1.54, 1.807) is 11.3 Å². The van der Waals surface area contributed by atoms with Crippen LogP contribution in [-0.4, -0.2) is 20.2 Å². The highest BCUT2D eigenvalue weighted by molar-refractivity contribution is 7.98. The molecule has 0 saturated carbocycles. The summed E-state index contributed by atoms with van der Waals surface area (Å²) in [7, 11) is 0. The molecule has 1 N–H and O–H groups in total. The standard InChI is InChI=1S/C20H18N4O2S2/c1-11-7-8-13-14(9-11)28-19-16(13)17(25)21-15(22-19)10-27-20-24-23-18(26-20)12-5-3-2-4-6-12/h2-6,11H,7-10H2,1H3,(H,21,22,25)/t11-/m0/s1. The fourth-order valence-corrected chi connectivity index (χ4v) is 5.59. The largest absolute Gasteiger partial charge is 0.411 e. The minimum atomic E-state index is -0.0387. The predicted octanol–water partition coefficient (Wildman–Crippen LogP) is 4.45. The Balaban J connectivity index is 1.38. The average Bonchev–Trinajstić information content (AvgIpc) is 3.31.